The van der Waals surface area contributed by atoms with Crippen molar-refractivity contribution in [2.24, 2.45) is 0 Å². The van der Waals surface area contributed by atoms with Crippen LogP contribution in [0.5, 0.6) is 0 Å². The Morgan fingerprint density at radius 3 is 2.10 bits per heavy atom. The van der Waals surface area contributed by atoms with Gasteiger partial charge in [-0.15, -0.1) is 0 Å². The predicted molar refractivity (Wildman–Crippen MR) is 65.1 cm³/mol. The van der Waals surface area contributed by atoms with Gasteiger partial charge >= 0.3 is 18.3 Å². The second-order valence-corrected chi connectivity index (χ2v) is 4.76. The Balaban J connectivity index is 3.57. The molecule has 1 aromatic rings. The van der Waals surface area contributed by atoms with Crippen LogP contribution in [0.1, 0.15) is 28.4 Å². The predicted octanol–water partition coefficient (Wildman–Crippen LogP) is 4.51. The molecule has 0 spiro atoms. The van der Waals surface area contributed by atoms with Gasteiger partial charge in [0.05, 0.1) is 23.3 Å². The fraction of sp³-hybridized carbons (Fsp3) is 0.364. The lowest BCUT2D eigenvalue weighted by Crippen LogP contribution is -2.19. The summed E-state index contributed by atoms with van der Waals surface area (Å²) in [4.78, 5) is 11.5. The van der Waals surface area contributed by atoms with Gasteiger partial charge in [0.2, 0.25) is 0 Å². The summed E-state index contributed by atoms with van der Waals surface area (Å²) in [6, 6.07) is 0.495. The first-order valence-corrected chi connectivity index (χ1v) is 6.21. The summed E-state index contributed by atoms with van der Waals surface area (Å²) in [6.45, 7) is 1.09. The minimum absolute atomic E-state index is 0.156. The molecule has 1 aromatic carbocycles. The average molecular weight is 412 g/mol. The molecule has 112 valence electrons. The Morgan fingerprint density at radius 1 is 1.15 bits per heavy atom. The van der Waals surface area contributed by atoms with Gasteiger partial charge in [-0.1, -0.05) is 0 Å². The molecule has 1 rings (SSSR count). The summed E-state index contributed by atoms with van der Waals surface area (Å²) < 4.78 is 80.0. The summed E-state index contributed by atoms with van der Waals surface area (Å²) in [5.74, 6) is -1.44. The normalized spacial score (nSPS) is 12.4. The van der Waals surface area contributed by atoms with Crippen molar-refractivity contribution >= 4 is 28.6 Å². The largest absolute Gasteiger partial charge is 0.462 e. The number of esters is 1. The molecule has 20 heavy (non-hydrogen) atoms. The number of halogens is 7. The second kappa shape index (κ2) is 5.78. The van der Waals surface area contributed by atoms with Crippen LogP contribution in [0.4, 0.5) is 26.3 Å². The quantitative estimate of drug-likeness (QED) is 0.406. The molecule has 0 fully saturated rings. The molecule has 0 heterocycles. The van der Waals surface area contributed by atoms with Crippen molar-refractivity contribution in [1.29, 1.82) is 0 Å². The van der Waals surface area contributed by atoms with Crippen LogP contribution in [0, 0.1) is 3.57 Å². The summed E-state index contributed by atoms with van der Waals surface area (Å²) >= 11 is 1.11. The molecular formula is C11H7F6IO2. The molecule has 0 amide bonds. The van der Waals surface area contributed by atoms with E-state index >= 15 is 0 Å². The van der Waals surface area contributed by atoms with Crippen molar-refractivity contribution in [2.45, 2.75) is 19.3 Å². The van der Waals surface area contributed by atoms with Gasteiger partial charge < -0.3 is 4.74 Å². The summed E-state index contributed by atoms with van der Waals surface area (Å²) in [6.07, 6.45) is -9.81. The lowest BCUT2D eigenvalue weighted by atomic mass is 10.0. The van der Waals surface area contributed by atoms with E-state index in [9.17, 15) is 31.1 Å². The first-order chi connectivity index (χ1) is 8.98. The third-order valence-corrected chi connectivity index (χ3v) is 3.05. The third kappa shape index (κ3) is 3.76. The van der Waals surface area contributed by atoms with Gasteiger partial charge in [-0.25, -0.2) is 4.79 Å². The maximum Gasteiger partial charge on any atom is 0.418 e. The van der Waals surface area contributed by atoms with Crippen molar-refractivity contribution in [2.75, 3.05) is 6.61 Å². The average Bonchev–Trinajstić information content (AvgIpc) is 2.25. The smallest absolute Gasteiger partial charge is 0.418 e. The Labute approximate surface area is 123 Å². The zero-order chi connectivity index (χ0) is 15.7. The van der Waals surface area contributed by atoms with E-state index in [1.54, 1.807) is 0 Å². The van der Waals surface area contributed by atoms with E-state index in [0.717, 1.165) is 22.6 Å². The van der Waals surface area contributed by atoms with E-state index in [1.807, 2.05) is 0 Å². The number of alkyl halides is 6. The fourth-order valence-corrected chi connectivity index (χ4v) is 2.36. The van der Waals surface area contributed by atoms with Crippen molar-refractivity contribution in [3.8, 4) is 0 Å². The number of ether oxygens (including phenoxy) is 1. The highest BCUT2D eigenvalue weighted by molar-refractivity contribution is 14.1. The van der Waals surface area contributed by atoms with E-state index in [4.69, 9.17) is 0 Å². The highest BCUT2D eigenvalue weighted by atomic mass is 127. The van der Waals surface area contributed by atoms with Gasteiger partial charge in [0, 0.05) is 3.57 Å². The molecule has 0 aliphatic carbocycles. The fourth-order valence-electron chi connectivity index (χ4n) is 1.43. The Bertz CT molecular complexity index is 521. The van der Waals surface area contributed by atoms with Crippen LogP contribution >= 0.6 is 22.6 Å². The molecule has 0 saturated carbocycles. The zero-order valence-corrected chi connectivity index (χ0v) is 12.0. The minimum atomic E-state index is -4.96. The van der Waals surface area contributed by atoms with E-state index in [-0.39, 0.29) is 12.7 Å². The summed E-state index contributed by atoms with van der Waals surface area (Å²) in [7, 11) is 0. The van der Waals surface area contributed by atoms with Crippen LogP contribution in [-0.2, 0) is 17.1 Å². The number of carbonyl (C=O) groups is 1. The zero-order valence-electron chi connectivity index (χ0n) is 9.82. The summed E-state index contributed by atoms with van der Waals surface area (Å²) in [5, 5.41) is 0. The molecular weight excluding hydrogens is 405 g/mol. The van der Waals surface area contributed by atoms with Crippen molar-refractivity contribution in [3.05, 3.63) is 32.4 Å². The molecule has 0 unspecified atom stereocenters. The Morgan fingerprint density at radius 2 is 1.70 bits per heavy atom. The van der Waals surface area contributed by atoms with Crippen LogP contribution in [0.25, 0.3) is 0 Å². The summed E-state index contributed by atoms with van der Waals surface area (Å²) in [5.41, 5.74) is -3.90. The maximum absolute atomic E-state index is 12.8. The molecule has 0 atom stereocenters. The maximum atomic E-state index is 12.8. The number of benzene rings is 1. The molecule has 9 heteroatoms. The highest BCUT2D eigenvalue weighted by Crippen LogP contribution is 2.39. The van der Waals surface area contributed by atoms with Crippen molar-refractivity contribution in [3.63, 3.8) is 0 Å². The van der Waals surface area contributed by atoms with E-state index < -0.39 is 38.6 Å². The van der Waals surface area contributed by atoms with Gasteiger partial charge in [0.15, 0.2) is 0 Å². The van der Waals surface area contributed by atoms with Gasteiger partial charge in [-0.05, 0) is 41.6 Å². The van der Waals surface area contributed by atoms with Crippen LogP contribution < -0.4 is 0 Å². The van der Waals surface area contributed by atoms with Crippen LogP contribution in [0.15, 0.2) is 12.1 Å². The first-order valence-electron chi connectivity index (χ1n) is 5.13. The minimum Gasteiger partial charge on any atom is -0.462 e. The number of hydrogen-bond acceptors (Lipinski definition) is 2. The monoisotopic (exact) mass is 412 g/mol. The lowest BCUT2D eigenvalue weighted by molar-refractivity contribution is -0.142. The Kier molecular flexibility index (Phi) is 4.93. The van der Waals surface area contributed by atoms with E-state index in [0.29, 0.717) is 6.07 Å². The topological polar surface area (TPSA) is 26.3 Å². The van der Waals surface area contributed by atoms with Crippen molar-refractivity contribution < 1.29 is 35.9 Å². The SMILES string of the molecule is CCOC(=O)c1cc(C(F)(F)F)cc(I)c1C(F)(F)F. The van der Waals surface area contributed by atoms with Crippen LogP contribution in [0.2, 0.25) is 0 Å². The third-order valence-electron chi connectivity index (χ3n) is 2.20. The molecule has 0 N–H and O–H groups in total. The van der Waals surface area contributed by atoms with Crippen LogP contribution in [0.3, 0.4) is 0 Å². The van der Waals surface area contributed by atoms with E-state index in [2.05, 4.69) is 4.74 Å². The van der Waals surface area contributed by atoms with Gasteiger partial charge in [0.1, 0.15) is 0 Å². The van der Waals surface area contributed by atoms with E-state index in [1.165, 1.54) is 6.92 Å². The molecule has 0 bridgehead atoms. The number of hydrogen-bond donors (Lipinski definition) is 0. The van der Waals surface area contributed by atoms with Gasteiger partial charge in [0.25, 0.3) is 0 Å². The van der Waals surface area contributed by atoms with Crippen LogP contribution in [-0.4, -0.2) is 12.6 Å². The van der Waals surface area contributed by atoms with Gasteiger partial charge in [-0.3, -0.25) is 0 Å². The molecule has 0 saturated heterocycles. The first kappa shape index (κ1) is 17.1. The van der Waals surface area contributed by atoms with Crippen molar-refractivity contribution in [1.82, 2.24) is 0 Å². The molecule has 0 aliphatic rings. The lowest BCUT2D eigenvalue weighted by Gasteiger charge is -2.16. The highest BCUT2D eigenvalue weighted by Gasteiger charge is 2.41. The molecule has 0 aromatic heterocycles. The number of rotatable bonds is 2. The molecule has 0 radical (unpaired) electrons. The van der Waals surface area contributed by atoms with Gasteiger partial charge in [-0.2, -0.15) is 26.3 Å². The second-order valence-electron chi connectivity index (χ2n) is 3.60. The molecule has 2 nitrogen and oxygen atoms in total. The Hall–Kier alpha value is -1.00. The molecule has 0 aliphatic heterocycles. The standard InChI is InChI=1S/C11H7F6IO2/c1-2-20-9(19)6-3-5(10(12,13)14)4-7(18)8(6)11(15,16)17/h3-4H,2H2,1H3. The number of carbonyl (C=O) groups excluding carboxylic acids is 1.